The first kappa shape index (κ1) is 22.3. The van der Waals surface area contributed by atoms with Crippen LogP contribution in [0.25, 0.3) is 10.2 Å². The molecule has 0 spiro atoms. The van der Waals surface area contributed by atoms with E-state index in [0.29, 0.717) is 49.7 Å². The molecule has 164 valence electrons. The number of hydrogen-bond donors (Lipinski definition) is 0. The number of ether oxygens (including phenoxy) is 2. The molecule has 0 bridgehead atoms. The van der Waals surface area contributed by atoms with E-state index in [4.69, 9.17) is 26.1 Å². The largest absolute Gasteiger partial charge is 0.462 e. The summed E-state index contributed by atoms with van der Waals surface area (Å²) >= 11 is 8.81. The Bertz CT molecular complexity index is 1170. The molecule has 6 nitrogen and oxygen atoms in total. The summed E-state index contributed by atoms with van der Waals surface area (Å²) in [4.78, 5) is 31.6. The van der Waals surface area contributed by atoms with Crippen LogP contribution < -0.4 is 5.56 Å². The summed E-state index contributed by atoms with van der Waals surface area (Å²) < 4.78 is 12.6. The number of carbonyl (C=O) groups is 1. The van der Waals surface area contributed by atoms with Gasteiger partial charge < -0.3 is 9.47 Å². The van der Waals surface area contributed by atoms with Crippen molar-refractivity contribution >= 4 is 50.9 Å². The molecule has 1 aromatic carbocycles. The maximum absolute atomic E-state index is 13.5. The minimum absolute atomic E-state index is 0.00839. The SMILES string of the molecule is CCOC(=O)c1sc2nc(SCc3cccc(Cl)c3)n(C[C@H]3CCCO3)c(=O)c2c1C. The summed E-state index contributed by atoms with van der Waals surface area (Å²) in [5.74, 6) is 0.209. The minimum Gasteiger partial charge on any atom is -0.462 e. The molecule has 0 saturated carbocycles. The topological polar surface area (TPSA) is 70.4 Å². The number of hydrogen-bond acceptors (Lipinski definition) is 7. The number of benzene rings is 1. The average molecular weight is 479 g/mol. The van der Waals surface area contributed by atoms with Gasteiger partial charge in [0.25, 0.3) is 5.56 Å². The molecule has 3 aromatic rings. The molecule has 1 aliphatic rings. The molecule has 31 heavy (non-hydrogen) atoms. The third-order valence-corrected chi connectivity index (χ3v) is 7.59. The van der Waals surface area contributed by atoms with Gasteiger partial charge in [0.05, 0.1) is 24.6 Å². The molecular formula is C22H23ClN2O4S2. The summed E-state index contributed by atoms with van der Waals surface area (Å²) in [6, 6.07) is 7.64. The Balaban J connectivity index is 1.76. The Labute approximate surface area is 193 Å². The first-order valence-electron chi connectivity index (χ1n) is 10.2. The van der Waals surface area contributed by atoms with Gasteiger partial charge in [0.1, 0.15) is 9.71 Å². The second-order valence-electron chi connectivity index (χ2n) is 7.32. The fourth-order valence-electron chi connectivity index (χ4n) is 3.63. The quantitative estimate of drug-likeness (QED) is 0.268. The standard InChI is InChI=1S/C22H23ClN2O4S2/c1-3-28-21(27)18-13(2)17-19(31-18)24-22(30-12-14-6-4-7-15(23)10-14)25(20(17)26)11-16-8-5-9-29-16/h4,6-7,10,16H,3,5,8-9,11-12H2,1-2H3/t16-/m1/s1. The van der Waals surface area contributed by atoms with Crippen LogP contribution in [0.5, 0.6) is 0 Å². The van der Waals surface area contributed by atoms with Gasteiger partial charge in [0, 0.05) is 17.4 Å². The summed E-state index contributed by atoms with van der Waals surface area (Å²) in [5, 5.41) is 1.77. The molecule has 1 fully saturated rings. The Kier molecular flexibility index (Phi) is 7.01. The van der Waals surface area contributed by atoms with Crippen molar-refractivity contribution < 1.29 is 14.3 Å². The molecule has 0 radical (unpaired) electrons. The number of thiophene rings is 1. The van der Waals surface area contributed by atoms with Crippen LogP contribution in [0.4, 0.5) is 0 Å². The minimum atomic E-state index is -0.416. The summed E-state index contributed by atoms with van der Waals surface area (Å²) in [6.45, 7) is 4.99. The Hall–Kier alpha value is -1.87. The van der Waals surface area contributed by atoms with E-state index in [1.165, 1.54) is 23.1 Å². The fraction of sp³-hybridized carbons (Fsp3) is 0.409. The van der Waals surface area contributed by atoms with E-state index in [2.05, 4.69) is 0 Å². The second kappa shape index (κ2) is 9.73. The van der Waals surface area contributed by atoms with Crippen molar-refractivity contribution in [1.82, 2.24) is 9.55 Å². The molecule has 0 unspecified atom stereocenters. The molecule has 1 atom stereocenters. The van der Waals surface area contributed by atoms with Crippen molar-refractivity contribution in [1.29, 1.82) is 0 Å². The van der Waals surface area contributed by atoms with E-state index in [1.807, 2.05) is 24.3 Å². The van der Waals surface area contributed by atoms with Gasteiger partial charge in [-0.15, -0.1) is 11.3 Å². The summed E-state index contributed by atoms with van der Waals surface area (Å²) in [6.07, 6.45) is 1.90. The van der Waals surface area contributed by atoms with Gasteiger partial charge in [-0.3, -0.25) is 9.36 Å². The highest BCUT2D eigenvalue weighted by atomic mass is 35.5. The number of carbonyl (C=O) groups excluding carboxylic acids is 1. The van der Waals surface area contributed by atoms with E-state index in [-0.39, 0.29) is 18.3 Å². The first-order chi connectivity index (χ1) is 15.0. The third kappa shape index (κ3) is 4.82. The number of esters is 1. The van der Waals surface area contributed by atoms with Crippen molar-refractivity contribution in [3.8, 4) is 0 Å². The Morgan fingerprint density at radius 2 is 2.29 bits per heavy atom. The molecule has 0 N–H and O–H groups in total. The second-order valence-corrected chi connectivity index (χ2v) is 9.70. The van der Waals surface area contributed by atoms with Gasteiger partial charge in [-0.05, 0) is 49.9 Å². The molecule has 3 heterocycles. The van der Waals surface area contributed by atoms with E-state index in [1.54, 1.807) is 18.4 Å². The third-order valence-electron chi connectivity index (χ3n) is 5.14. The number of nitrogens with zero attached hydrogens (tertiary/aromatic N) is 2. The highest BCUT2D eigenvalue weighted by Gasteiger charge is 2.25. The van der Waals surface area contributed by atoms with Crippen LogP contribution in [0, 0.1) is 6.92 Å². The molecule has 4 rings (SSSR count). The highest BCUT2D eigenvalue weighted by molar-refractivity contribution is 7.98. The van der Waals surface area contributed by atoms with Crippen LogP contribution in [0.2, 0.25) is 5.02 Å². The molecule has 1 saturated heterocycles. The molecule has 0 aliphatic carbocycles. The number of aromatic nitrogens is 2. The van der Waals surface area contributed by atoms with Crippen LogP contribution in [-0.4, -0.2) is 34.8 Å². The zero-order valence-corrected chi connectivity index (χ0v) is 19.7. The highest BCUT2D eigenvalue weighted by Crippen LogP contribution is 2.31. The van der Waals surface area contributed by atoms with Crippen molar-refractivity contribution in [2.75, 3.05) is 13.2 Å². The van der Waals surface area contributed by atoms with Crippen molar-refractivity contribution in [3.63, 3.8) is 0 Å². The van der Waals surface area contributed by atoms with E-state index in [9.17, 15) is 9.59 Å². The van der Waals surface area contributed by atoms with Gasteiger partial charge in [0.15, 0.2) is 5.16 Å². The average Bonchev–Trinajstić information content (AvgIpc) is 3.37. The zero-order valence-electron chi connectivity index (χ0n) is 17.4. The van der Waals surface area contributed by atoms with Gasteiger partial charge in [-0.25, -0.2) is 9.78 Å². The maximum Gasteiger partial charge on any atom is 0.348 e. The molecule has 9 heteroatoms. The van der Waals surface area contributed by atoms with Gasteiger partial charge >= 0.3 is 5.97 Å². The lowest BCUT2D eigenvalue weighted by Gasteiger charge is -2.16. The smallest absolute Gasteiger partial charge is 0.348 e. The number of rotatable bonds is 7. The lowest BCUT2D eigenvalue weighted by Crippen LogP contribution is -2.28. The van der Waals surface area contributed by atoms with E-state index >= 15 is 0 Å². The van der Waals surface area contributed by atoms with Crippen LogP contribution in [0.1, 0.15) is 40.6 Å². The lowest BCUT2D eigenvalue weighted by molar-refractivity contribution is 0.0531. The van der Waals surface area contributed by atoms with Crippen LogP contribution >= 0.6 is 34.7 Å². The Morgan fingerprint density at radius 3 is 3.00 bits per heavy atom. The normalized spacial score (nSPS) is 16.2. The monoisotopic (exact) mass is 478 g/mol. The number of halogens is 1. The van der Waals surface area contributed by atoms with Crippen molar-refractivity contribution in [3.05, 3.63) is 55.6 Å². The predicted molar refractivity (Wildman–Crippen MR) is 125 cm³/mol. The van der Waals surface area contributed by atoms with Crippen molar-refractivity contribution in [2.24, 2.45) is 0 Å². The first-order valence-corrected chi connectivity index (χ1v) is 12.4. The summed E-state index contributed by atoms with van der Waals surface area (Å²) in [5.41, 5.74) is 1.53. The van der Waals surface area contributed by atoms with E-state index < -0.39 is 5.97 Å². The van der Waals surface area contributed by atoms with Crippen LogP contribution in [0.3, 0.4) is 0 Å². The zero-order chi connectivity index (χ0) is 22.0. The lowest BCUT2D eigenvalue weighted by atomic mass is 10.2. The van der Waals surface area contributed by atoms with Gasteiger partial charge in [-0.2, -0.15) is 0 Å². The van der Waals surface area contributed by atoms with Crippen LogP contribution in [-0.2, 0) is 21.8 Å². The number of aryl methyl sites for hydroxylation is 1. The number of fused-ring (bicyclic) bond motifs is 1. The molecule has 0 amide bonds. The van der Waals surface area contributed by atoms with Crippen molar-refractivity contribution in [2.45, 2.75) is 50.2 Å². The van der Waals surface area contributed by atoms with Gasteiger partial charge in [0.2, 0.25) is 0 Å². The van der Waals surface area contributed by atoms with Crippen LogP contribution in [0.15, 0.2) is 34.2 Å². The molecular weight excluding hydrogens is 456 g/mol. The summed E-state index contributed by atoms with van der Waals surface area (Å²) in [7, 11) is 0. The van der Waals surface area contributed by atoms with Gasteiger partial charge in [-0.1, -0.05) is 35.5 Å². The molecule has 2 aromatic heterocycles. The predicted octanol–water partition coefficient (Wildman–Crippen LogP) is 5.07. The number of thioether (sulfide) groups is 1. The maximum atomic E-state index is 13.5. The molecule has 1 aliphatic heterocycles. The van der Waals surface area contributed by atoms with E-state index in [0.717, 1.165) is 18.4 Å². The fourth-order valence-corrected chi connectivity index (χ4v) is 5.91. The Morgan fingerprint density at radius 1 is 1.45 bits per heavy atom.